The number of aromatic nitrogens is 3. The van der Waals surface area contributed by atoms with Gasteiger partial charge in [0.25, 0.3) is 11.8 Å². The molecular weight excluding hydrogens is 743 g/mol. The maximum absolute atomic E-state index is 14.7. The Morgan fingerprint density at radius 1 is 1.02 bits per heavy atom. The predicted molar refractivity (Wildman–Crippen MR) is 190 cm³/mol. The smallest absolute Gasteiger partial charge is 0.462 e. The van der Waals surface area contributed by atoms with E-state index in [9.17, 15) is 41.1 Å². The number of piperazine rings is 1. The topological polar surface area (TPSA) is 130 Å². The van der Waals surface area contributed by atoms with Gasteiger partial charge in [-0.3, -0.25) is 14.4 Å². The van der Waals surface area contributed by atoms with Crippen molar-refractivity contribution < 1.29 is 50.4 Å². The molecule has 1 saturated heterocycles. The van der Waals surface area contributed by atoms with Crippen molar-refractivity contribution in [3.8, 4) is 11.3 Å². The van der Waals surface area contributed by atoms with Gasteiger partial charge in [-0.05, 0) is 37.1 Å². The molecule has 1 saturated carbocycles. The summed E-state index contributed by atoms with van der Waals surface area (Å²) >= 11 is 6.49. The highest BCUT2D eigenvalue weighted by molar-refractivity contribution is 6.34. The third kappa shape index (κ3) is 10.0. The number of esters is 1. The summed E-state index contributed by atoms with van der Waals surface area (Å²) in [5.41, 5.74) is 0.633. The molecule has 13 nitrogen and oxygen atoms in total. The second-order valence-corrected chi connectivity index (χ2v) is 14.7. The van der Waals surface area contributed by atoms with Crippen LogP contribution in [0, 0.1) is 23.6 Å². The number of imidazole rings is 1. The number of anilines is 2. The van der Waals surface area contributed by atoms with Gasteiger partial charge in [-0.25, -0.2) is 14.2 Å². The van der Waals surface area contributed by atoms with Crippen LogP contribution >= 0.6 is 11.6 Å². The van der Waals surface area contributed by atoms with E-state index in [-0.39, 0.29) is 51.2 Å². The number of hydrogen-bond acceptors (Lipinski definition) is 8. The SMILES string of the molecule is CN(C)c1nc(F)c(-c2cnc(C(=O)Nc3ccc(C(=O)N4CCN(C(=O)C5CC(C[N+](C)(C)C)C5)CC4)c(Cl)c3)n2C)cc1F.COC(=O)C(F)(F)F. The second kappa shape index (κ2) is 16.7. The van der Waals surface area contributed by atoms with E-state index in [4.69, 9.17) is 11.6 Å². The van der Waals surface area contributed by atoms with E-state index < -0.39 is 29.8 Å². The van der Waals surface area contributed by atoms with E-state index in [0.29, 0.717) is 44.9 Å². The summed E-state index contributed by atoms with van der Waals surface area (Å²) in [7, 11) is 11.8. The maximum atomic E-state index is 14.7. The Balaban J connectivity index is 0.000000730. The first-order valence-corrected chi connectivity index (χ1v) is 17.2. The average molecular weight is 786 g/mol. The van der Waals surface area contributed by atoms with E-state index in [1.807, 2.05) is 4.90 Å². The van der Waals surface area contributed by atoms with E-state index in [2.05, 4.69) is 41.2 Å². The van der Waals surface area contributed by atoms with Crippen LogP contribution in [0.25, 0.3) is 11.3 Å². The van der Waals surface area contributed by atoms with Crippen LogP contribution in [0.15, 0.2) is 30.5 Å². The number of halogens is 6. The van der Waals surface area contributed by atoms with Crippen LogP contribution in [0.5, 0.6) is 0 Å². The highest BCUT2D eigenvalue weighted by Gasteiger charge is 2.41. The summed E-state index contributed by atoms with van der Waals surface area (Å²) in [6, 6.07) is 5.59. The highest BCUT2D eigenvalue weighted by Crippen LogP contribution is 2.36. The molecule has 2 fully saturated rings. The molecular formula is C35H43ClF5N8O5+. The van der Waals surface area contributed by atoms with Gasteiger partial charge in [0.1, 0.15) is 0 Å². The minimum Gasteiger partial charge on any atom is -0.462 e. The highest BCUT2D eigenvalue weighted by atomic mass is 35.5. The van der Waals surface area contributed by atoms with Crippen molar-refractivity contribution in [2.45, 2.75) is 19.0 Å². The molecule has 5 rings (SSSR count). The van der Waals surface area contributed by atoms with E-state index in [1.165, 1.54) is 28.8 Å². The number of quaternary nitrogens is 1. The number of pyridine rings is 1. The van der Waals surface area contributed by atoms with Crippen molar-refractivity contribution >= 4 is 46.8 Å². The van der Waals surface area contributed by atoms with Gasteiger partial charge in [0.05, 0.1) is 62.8 Å². The standard InChI is InChI=1S/C32H39ClF2N8O3.C3H3F3O2/c1-39(2)28-25(34)16-23(27(35)38-28)26-17-36-29(40(26)3)30(44)37-21-7-8-22(24(33)15-21)32(46)42-11-9-41(10-12-42)31(45)20-13-19(14-20)18-43(4,5)6;1-8-2(7)3(4,5)6/h7-8,15-17,19-20H,9-14,18H2,1-6H3;1H3/p+1. The first-order chi connectivity index (χ1) is 25.1. The zero-order valence-electron chi connectivity index (χ0n) is 30.9. The third-order valence-electron chi connectivity index (χ3n) is 8.95. The minimum absolute atomic E-state index is 0.0546. The van der Waals surface area contributed by atoms with Crippen molar-refractivity contribution in [1.29, 1.82) is 0 Å². The van der Waals surface area contributed by atoms with E-state index >= 15 is 0 Å². The Kier molecular flexibility index (Phi) is 12.9. The number of hydrogen-bond donors (Lipinski definition) is 1. The average Bonchev–Trinajstić information content (AvgIpc) is 3.46. The van der Waals surface area contributed by atoms with E-state index in [0.717, 1.165) is 29.9 Å². The number of amides is 3. The Morgan fingerprint density at radius 2 is 1.63 bits per heavy atom. The van der Waals surface area contributed by atoms with Crippen molar-refractivity contribution in [3.63, 3.8) is 0 Å². The zero-order valence-corrected chi connectivity index (χ0v) is 31.7. The van der Waals surface area contributed by atoms with Crippen molar-refractivity contribution in [2.75, 3.05) is 85.3 Å². The molecule has 1 aliphatic carbocycles. The summed E-state index contributed by atoms with van der Waals surface area (Å²) in [6.45, 7) is 2.84. The lowest BCUT2D eigenvalue weighted by molar-refractivity contribution is -0.874. The van der Waals surface area contributed by atoms with Gasteiger partial charge in [-0.1, -0.05) is 11.6 Å². The van der Waals surface area contributed by atoms with Crippen LogP contribution in [0.3, 0.4) is 0 Å². The number of ether oxygens (including phenoxy) is 1. The fourth-order valence-corrected chi connectivity index (χ4v) is 6.57. The monoisotopic (exact) mass is 785 g/mol. The summed E-state index contributed by atoms with van der Waals surface area (Å²) in [4.78, 5) is 61.5. The molecule has 0 bridgehead atoms. The number of carbonyl (C=O) groups excluding carboxylic acids is 4. The number of rotatable bonds is 8. The number of nitrogens with zero attached hydrogens (tertiary/aromatic N) is 7. The molecule has 1 aliphatic heterocycles. The first kappa shape index (κ1) is 41.9. The van der Waals surface area contributed by atoms with Crippen LogP contribution < -0.4 is 10.2 Å². The molecule has 0 radical (unpaired) electrons. The molecule has 3 heterocycles. The lowest BCUT2D eigenvalue weighted by Crippen LogP contribution is -2.54. The normalized spacial score (nSPS) is 17.2. The molecule has 3 aromatic rings. The Bertz CT molecular complexity index is 1880. The summed E-state index contributed by atoms with van der Waals surface area (Å²) in [6.07, 6.45) is -1.74. The van der Waals surface area contributed by atoms with E-state index in [1.54, 1.807) is 31.1 Å². The lowest BCUT2D eigenvalue weighted by atomic mass is 9.73. The van der Waals surface area contributed by atoms with Gasteiger partial charge in [-0.2, -0.15) is 22.5 Å². The molecule has 0 spiro atoms. The summed E-state index contributed by atoms with van der Waals surface area (Å²) in [5, 5.41) is 2.85. The lowest BCUT2D eigenvalue weighted by Gasteiger charge is -2.42. The number of benzene rings is 1. The second-order valence-electron chi connectivity index (χ2n) is 14.3. The van der Waals surface area contributed by atoms with Crippen LogP contribution in [-0.4, -0.2) is 134 Å². The van der Waals surface area contributed by atoms with Gasteiger partial charge < -0.3 is 33.8 Å². The molecule has 54 heavy (non-hydrogen) atoms. The summed E-state index contributed by atoms with van der Waals surface area (Å²) < 4.78 is 67.8. The zero-order chi connectivity index (χ0) is 40.3. The molecule has 0 unspecified atom stereocenters. The third-order valence-corrected chi connectivity index (χ3v) is 9.26. The van der Waals surface area contributed by atoms with Crippen LogP contribution in [0.1, 0.15) is 33.8 Å². The molecule has 1 N–H and O–H groups in total. The molecule has 2 aromatic heterocycles. The largest absolute Gasteiger partial charge is 0.490 e. The fourth-order valence-electron chi connectivity index (χ4n) is 6.31. The molecule has 19 heteroatoms. The van der Waals surface area contributed by atoms with Gasteiger partial charge in [0, 0.05) is 64.8 Å². The van der Waals surface area contributed by atoms with Gasteiger partial charge in [0.2, 0.25) is 11.9 Å². The molecule has 2 aliphatic rings. The van der Waals surface area contributed by atoms with Gasteiger partial charge >= 0.3 is 12.1 Å². The Hall–Kier alpha value is -4.84. The minimum atomic E-state index is -4.85. The molecule has 1 aromatic carbocycles. The van der Waals surface area contributed by atoms with Crippen LogP contribution in [-0.2, 0) is 21.4 Å². The predicted octanol–water partition coefficient (Wildman–Crippen LogP) is 4.47. The van der Waals surface area contributed by atoms with Crippen molar-refractivity contribution in [3.05, 3.63) is 58.6 Å². The number of alkyl halides is 3. The van der Waals surface area contributed by atoms with Crippen LogP contribution in [0.4, 0.5) is 33.5 Å². The molecule has 294 valence electrons. The fraction of sp³-hybridized carbons (Fsp3) is 0.486. The number of nitrogens with one attached hydrogen (secondary N) is 1. The maximum Gasteiger partial charge on any atom is 0.490 e. The van der Waals surface area contributed by atoms with Crippen LogP contribution in [0.2, 0.25) is 5.02 Å². The molecule has 0 atom stereocenters. The first-order valence-electron chi connectivity index (χ1n) is 16.8. The quantitative estimate of drug-likeness (QED) is 0.153. The Morgan fingerprint density at radius 3 is 2.15 bits per heavy atom. The van der Waals surface area contributed by atoms with Crippen molar-refractivity contribution in [2.24, 2.45) is 18.9 Å². The summed E-state index contributed by atoms with van der Waals surface area (Å²) in [5.74, 6) is -4.02. The Labute approximate surface area is 314 Å². The number of carbonyl (C=O) groups is 4. The van der Waals surface area contributed by atoms with Crippen molar-refractivity contribution in [1.82, 2.24) is 24.3 Å². The number of methoxy groups -OCH3 is 1. The van der Waals surface area contributed by atoms with Gasteiger partial charge in [0.15, 0.2) is 17.5 Å². The molecule has 3 amide bonds. The van der Waals surface area contributed by atoms with Gasteiger partial charge in [-0.15, -0.1) is 0 Å².